The van der Waals surface area contributed by atoms with E-state index in [1.165, 1.54) is 24.3 Å². The Labute approximate surface area is 194 Å². The standard InChI is InChI=1S/C18H19ClN2O10S2/c19-17-8-5-13(9-18(17)21(24)25)15(11-33(29,30)31)2-1-14(10-32(26,27)28)12-3-6-16(7-4-12)20(22)23/h3-9,14-15H,1-2,10-11H2,(H,26,27,28)(H,29,30,31)/t14-,15-/m0/s1. The van der Waals surface area contributed by atoms with Crippen molar-refractivity contribution in [2.45, 2.75) is 24.7 Å². The van der Waals surface area contributed by atoms with Crippen molar-refractivity contribution < 1.29 is 35.8 Å². The second kappa shape index (κ2) is 10.5. The number of non-ortho nitro benzene ring substituents is 1. The van der Waals surface area contributed by atoms with E-state index in [0.717, 1.165) is 18.2 Å². The minimum atomic E-state index is -4.52. The largest absolute Gasteiger partial charge is 0.288 e. The van der Waals surface area contributed by atoms with E-state index in [4.69, 9.17) is 11.6 Å². The molecule has 0 radical (unpaired) electrons. The second-order valence-corrected chi connectivity index (χ2v) is 10.7. The van der Waals surface area contributed by atoms with Crippen LogP contribution in [-0.2, 0) is 20.2 Å². The first-order valence-electron chi connectivity index (χ1n) is 9.25. The fraction of sp³-hybridized carbons (Fsp3) is 0.333. The Morgan fingerprint density at radius 3 is 1.67 bits per heavy atom. The fourth-order valence-corrected chi connectivity index (χ4v) is 5.32. The van der Waals surface area contributed by atoms with Gasteiger partial charge in [0.2, 0.25) is 0 Å². The molecule has 0 fully saturated rings. The van der Waals surface area contributed by atoms with Crippen LogP contribution in [0, 0.1) is 20.2 Å². The maximum Gasteiger partial charge on any atom is 0.288 e. The molecule has 0 aliphatic heterocycles. The van der Waals surface area contributed by atoms with Crippen molar-refractivity contribution in [1.82, 2.24) is 0 Å². The van der Waals surface area contributed by atoms with Crippen LogP contribution in [0.15, 0.2) is 42.5 Å². The lowest BCUT2D eigenvalue weighted by Gasteiger charge is -2.21. The van der Waals surface area contributed by atoms with Gasteiger partial charge in [-0.05, 0) is 30.0 Å². The minimum Gasteiger partial charge on any atom is -0.286 e. The molecule has 0 saturated carbocycles. The highest BCUT2D eigenvalue weighted by molar-refractivity contribution is 7.86. The zero-order chi connectivity index (χ0) is 25.0. The molecule has 0 bridgehead atoms. The van der Waals surface area contributed by atoms with Gasteiger partial charge in [0.1, 0.15) is 5.02 Å². The van der Waals surface area contributed by atoms with Gasteiger partial charge in [-0.25, -0.2) is 0 Å². The number of hydrogen-bond donors (Lipinski definition) is 2. The van der Waals surface area contributed by atoms with Crippen LogP contribution in [0.1, 0.15) is 35.8 Å². The molecule has 0 spiro atoms. The first-order valence-corrected chi connectivity index (χ1v) is 12.8. The summed E-state index contributed by atoms with van der Waals surface area (Å²) in [6, 6.07) is 8.58. The van der Waals surface area contributed by atoms with Crippen molar-refractivity contribution in [2.24, 2.45) is 0 Å². The van der Waals surface area contributed by atoms with Gasteiger partial charge in [0.25, 0.3) is 31.6 Å². The van der Waals surface area contributed by atoms with Crippen molar-refractivity contribution in [3.63, 3.8) is 0 Å². The van der Waals surface area contributed by atoms with Crippen LogP contribution >= 0.6 is 11.6 Å². The van der Waals surface area contributed by atoms with Gasteiger partial charge in [-0.15, -0.1) is 0 Å². The summed E-state index contributed by atoms with van der Waals surface area (Å²) in [5.74, 6) is -3.40. The van der Waals surface area contributed by atoms with Gasteiger partial charge in [0.05, 0.1) is 21.4 Å². The van der Waals surface area contributed by atoms with Crippen molar-refractivity contribution in [2.75, 3.05) is 11.5 Å². The summed E-state index contributed by atoms with van der Waals surface area (Å²) in [6.07, 6.45) is -0.0933. The summed E-state index contributed by atoms with van der Waals surface area (Å²) < 4.78 is 64.8. The Bertz CT molecular complexity index is 1250. The number of nitrogens with zero attached hydrogens (tertiary/aromatic N) is 2. The van der Waals surface area contributed by atoms with E-state index < -0.39 is 59.1 Å². The Kier molecular flexibility index (Phi) is 8.48. The van der Waals surface area contributed by atoms with E-state index in [1.807, 2.05) is 0 Å². The van der Waals surface area contributed by atoms with Crippen molar-refractivity contribution >= 4 is 43.2 Å². The van der Waals surface area contributed by atoms with E-state index >= 15 is 0 Å². The van der Waals surface area contributed by atoms with Gasteiger partial charge >= 0.3 is 0 Å². The van der Waals surface area contributed by atoms with Crippen LogP contribution in [0.4, 0.5) is 11.4 Å². The van der Waals surface area contributed by atoms with Gasteiger partial charge in [0.15, 0.2) is 0 Å². The maximum atomic E-state index is 11.5. The molecule has 180 valence electrons. The smallest absolute Gasteiger partial charge is 0.286 e. The third-order valence-corrected chi connectivity index (χ3v) is 6.87. The lowest BCUT2D eigenvalue weighted by atomic mass is 9.89. The molecule has 0 aliphatic carbocycles. The Balaban J connectivity index is 2.39. The molecular weight excluding hydrogens is 504 g/mol. The van der Waals surface area contributed by atoms with E-state index in [1.54, 1.807) is 0 Å². The van der Waals surface area contributed by atoms with Crippen LogP contribution in [0.3, 0.4) is 0 Å². The van der Waals surface area contributed by atoms with Gasteiger partial charge in [-0.1, -0.05) is 29.8 Å². The summed E-state index contributed by atoms with van der Waals surface area (Å²) in [4.78, 5) is 20.6. The molecule has 2 rings (SSSR count). The molecule has 0 heterocycles. The number of rotatable bonds is 11. The fourth-order valence-electron chi connectivity index (χ4n) is 3.40. The first kappa shape index (κ1) is 26.6. The molecule has 15 heteroatoms. The van der Waals surface area contributed by atoms with Gasteiger partial charge in [0, 0.05) is 30.0 Å². The molecular formula is C18H19ClN2O10S2. The predicted octanol–water partition coefficient (Wildman–Crippen LogP) is 3.58. The number of benzene rings is 2. The topological polar surface area (TPSA) is 195 Å². The average molecular weight is 523 g/mol. The van der Waals surface area contributed by atoms with Gasteiger partial charge < -0.3 is 0 Å². The molecule has 2 atom stereocenters. The average Bonchev–Trinajstić information content (AvgIpc) is 2.68. The summed E-state index contributed by atoms with van der Waals surface area (Å²) >= 11 is 5.79. The number of hydrogen-bond acceptors (Lipinski definition) is 8. The Morgan fingerprint density at radius 1 is 0.788 bits per heavy atom. The third-order valence-electron chi connectivity index (χ3n) is 4.90. The summed E-state index contributed by atoms with van der Waals surface area (Å²) in [5.41, 5.74) is -0.189. The molecule has 0 aromatic heterocycles. The monoisotopic (exact) mass is 522 g/mol. The predicted molar refractivity (Wildman–Crippen MR) is 119 cm³/mol. The van der Waals surface area contributed by atoms with Gasteiger partial charge in [-0.3, -0.25) is 29.3 Å². The van der Waals surface area contributed by atoms with Crippen LogP contribution in [-0.4, -0.2) is 47.3 Å². The molecule has 0 unspecified atom stereocenters. The van der Waals surface area contributed by atoms with Gasteiger partial charge in [-0.2, -0.15) is 16.8 Å². The number of halogens is 1. The summed E-state index contributed by atoms with van der Waals surface area (Å²) in [7, 11) is -9.00. The third kappa shape index (κ3) is 8.33. The zero-order valence-corrected chi connectivity index (χ0v) is 19.2. The van der Waals surface area contributed by atoms with E-state index in [2.05, 4.69) is 0 Å². The molecule has 2 aromatic rings. The summed E-state index contributed by atoms with van der Waals surface area (Å²) in [6.45, 7) is 0. The van der Waals surface area contributed by atoms with Crippen molar-refractivity contribution in [3.8, 4) is 0 Å². The maximum absolute atomic E-state index is 11.5. The van der Waals surface area contributed by atoms with Crippen LogP contribution in [0.25, 0.3) is 0 Å². The van der Waals surface area contributed by atoms with Crippen LogP contribution in [0.2, 0.25) is 5.02 Å². The second-order valence-electron chi connectivity index (χ2n) is 7.28. The molecule has 0 aliphatic rings. The van der Waals surface area contributed by atoms with Crippen LogP contribution in [0.5, 0.6) is 0 Å². The highest BCUT2D eigenvalue weighted by atomic mass is 35.5. The molecule has 2 N–H and O–H groups in total. The molecule has 2 aromatic carbocycles. The lowest BCUT2D eigenvalue weighted by molar-refractivity contribution is -0.385. The molecule has 0 saturated heterocycles. The zero-order valence-electron chi connectivity index (χ0n) is 16.8. The van der Waals surface area contributed by atoms with Crippen molar-refractivity contribution in [1.29, 1.82) is 0 Å². The van der Waals surface area contributed by atoms with E-state index in [-0.39, 0.29) is 29.1 Å². The quantitative estimate of drug-likeness (QED) is 0.250. The normalized spacial score (nSPS) is 13.9. The minimum absolute atomic E-state index is 0.0335. The lowest BCUT2D eigenvalue weighted by Crippen LogP contribution is -2.18. The Morgan fingerprint density at radius 2 is 1.24 bits per heavy atom. The highest BCUT2D eigenvalue weighted by Crippen LogP contribution is 2.34. The first-order chi connectivity index (χ1) is 15.2. The number of nitro groups is 2. The molecule has 33 heavy (non-hydrogen) atoms. The van der Waals surface area contributed by atoms with E-state index in [0.29, 0.717) is 5.56 Å². The molecule has 12 nitrogen and oxygen atoms in total. The molecule has 0 amide bonds. The van der Waals surface area contributed by atoms with Crippen LogP contribution < -0.4 is 0 Å². The number of nitro benzene ring substituents is 2. The SMILES string of the molecule is O=[N+]([O-])c1ccc([C@@H](CC[C@@H](CS(=O)(=O)O)c2ccc(Cl)c([N+](=O)[O-])c2)CS(=O)(=O)O)cc1. The van der Waals surface area contributed by atoms with Crippen molar-refractivity contribution in [3.05, 3.63) is 78.8 Å². The highest BCUT2D eigenvalue weighted by Gasteiger charge is 2.26. The summed E-state index contributed by atoms with van der Waals surface area (Å²) in [5, 5.41) is 21.8. The van der Waals surface area contributed by atoms with E-state index in [9.17, 15) is 46.2 Å². The Hall–Kier alpha value is -2.65.